The van der Waals surface area contributed by atoms with Gasteiger partial charge in [-0.25, -0.2) is 9.67 Å². The van der Waals surface area contributed by atoms with Gasteiger partial charge >= 0.3 is 0 Å². The van der Waals surface area contributed by atoms with Crippen molar-refractivity contribution in [3.63, 3.8) is 0 Å². The number of H-pyrrole nitrogens is 1. The highest BCUT2D eigenvalue weighted by Gasteiger charge is 2.30. The van der Waals surface area contributed by atoms with Crippen LogP contribution in [0, 0.1) is 6.92 Å². The summed E-state index contributed by atoms with van der Waals surface area (Å²) in [5.41, 5.74) is 2.87. The number of aryl methyl sites for hydroxylation is 1. The smallest absolute Gasteiger partial charge is 0.281 e. The molecule has 1 saturated heterocycles. The number of nitrogens with one attached hydrogen (secondary N) is 1. The van der Waals surface area contributed by atoms with Gasteiger partial charge in [-0.15, -0.1) is 5.10 Å². The Morgan fingerprint density at radius 3 is 2.72 bits per heavy atom. The molecule has 5 rings (SSSR count). The van der Waals surface area contributed by atoms with E-state index in [9.17, 15) is 9.59 Å². The van der Waals surface area contributed by atoms with Crippen LogP contribution < -0.4 is 5.56 Å². The molecule has 1 saturated carbocycles. The summed E-state index contributed by atoms with van der Waals surface area (Å²) in [5.74, 6) is 1.26. The molecule has 8 heteroatoms. The molecule has 1 amide bonds. The molecule has 1 aliphatic heterocycles. The Morgan fingerprint density at radius 2 is 2.00 bits per heavy atom. The van der Waals surface area contributed by atoms with Crippen LogP contribution in [0.1, 0.15) is 54.6 Å². The number of fused-ring (bicyclic) bond motifs is 1. The van der Waals surface area contributed by atoms with Crippen LogP contribution in [0.3, 0.4) is 0 Å². The zero-order valence-corrected chi connectivity index (χ0v) is 16.5. The minimum Gasteiger partial charge on any atom is -0.342 e. The average Bonchev–Trinajstić information content (AvgIpc) is 3.47. The Bertz CT molecular complexity index is 1120. The molecular formula is C21H24N6O2. The Hall–Kier alpha value is -3.03. The Labute approximate surface area is 167 Å². The van der Waals surface area contributed by atoms with E-state index in [4.69, 9.17) is 0 Å². The maximum Gasteiger partial charge on any atom is 0.281 e. The lowest BCUT2D eigenvalue weighted by Gasteiger charge is -2.32. The number of amides is 1. The molecule has 1 N–H and O–H groups in total. The molecule has 0 bridgehead atoms. The largest absolute Gasteiger partial charge is 0.342 e. The molecule has 0 atom stereocenters. The van der Waals surface area contributed by atoms with E-state index in [1.54, 1.807) is 4.68 Å². The first-order valence-electron chi connectivity index (χ1n) is 10.3. The second-order valence-corrected chi connectivity index (χ2v) is 8.21. The highest BCUT2D eigenvalue weighted by Crippen LogP contribution is 2.38. The molecule has 0 spiro atoms. The number of aromatic amines is 1. The maximum absolute atomic E-state index is 12.7. The first-order chi connectivity index (χ1) is 14.1. The van der Waals surface area contributed by atoms with Gasteiger partial charge in [-0.1, -0.05) is 35.0 Å². The van der Waals surface area contributed by atoms with Gasteiger partial charge in [-0.2, -0.15) is 0 Å². The SMILES string of the molecule is Cc1cccc(CC(=O)N2CCC(n3nnc4c(=O)[nH]c(C5CC5)nc43)CC2)c1. The van der Waals surface area contributed by atoms with E-state index in [-0.39, 0.29) is 17.5 Å². The average molecular weight is 392 g/mol. The molecule has 0 unspecified atom stereocenters. The fourth-order valence-corrected chi connectivity index (χ4v) is 4.12. The van der Waals surface area contributed by atoms with Crippen LogP contribution in [0.4, 0.5) is 0 Å². The molecule has 8 nitrogen and oxygen atoms in total. The van der Waals surface area contributed by atoms with E-state index >= 15 is 0 Å². The van der Waals surface area contributed by atoms with Crippen LogP contribution >= 0.6 is 0 Å². The zero-order chi connectivity index (χ0) is 20.0. The molecular weight excluding hydrogens is 368 g/mol. The first-order valence-corrected chi connectivity index (χ1v) is 10.3. The van der Waals surface area contributed by atoms with Crippen molar-refractivity contribution in [2.45, 2.75) is 51.0 Å². The summed E-state index contributed by atoms with van der Waals surface area (Å²) < 4.78 is 1.79. The number of carbonyl (C=O) groups is 1. The molecule has 3 heterocycles. The van der Waals surface area contributed by atoms with E-state index < -0.39 is 0 Å². The minimum atomic E-state index is -0.214. The van der Waals surface area contributed by atoms with Gasteiger partial charge in [0.2, 0.25) is 5.91 Å². The van der Waals surface area contributed by atoms with E-state index in [1.807, 2.05) is 30.0 Å². The predicted molar refractivity (Wildman–Crippen MR) is 108 cm³/mol. The van der Waals surface area contributed by atoms with Crippen LogP contribution in [0.15, 0.2) is 29.1 Å². The number of hydrogen-bond donors (Lipinski definition) is 1. The molecule has 2 aliphatic rings. The summed E-state index contributed by atoms with van der Waals surface area (Å²) in [7, 11) is 0. The zero-order valence-electron chi connectivity index (χ0n) is 16.5. The third-order valence-electron chi connectivity index (χ3n) is 5.92. The topological polar surface area (TPSA) is 96.8 Å². The van der Waals surface area contributed by atoms with Gasteiger partial charge in [0.05, 0.1) is 12.5 Å². The van der Waals surface area contributed by atoms with Crippen molar-refractivity contribution in [3.8, 4) is 0 Å². The lowest BCUT2D eigenvalue weighted by atomic mass is 10.0. The first kappa shape index (κ1) is 18.0. The summed E-state index contributed by atoms with van der Waals surface area (Å²) in [4.78, 5) is 34.4. The lowest BCUT2D eigenvalue weighted by Crippen LogP contribution is -2.40. The molecule has 2 aromatic heterocycles. The second-order valence-electron chi connectivity index (χ2n) is 8.21. The normalized spacial score (nSPS) is 17.8. The highest BCUT2D eigenvalue weighted by molar-refractivity contribution is 5.79. The van der Waals surface area contributed by atoms with Crippen molar-refractivity contribution < 1.29 is 4.79 Å². The number of benzene rings is 1. The van der Waals surface area contributed by atoms with E-state index in [0.717, 1.165) is 37.1 Å². The van der Waals surface area contributed by atoms with Crippen LogP contribution in [-0.4, -0.2) is 48.9 Å². The molecule has 0 radical (unpaired) electrons. The quantitative estimate of drug-likeness (QED) is 0.733. The highest BCUT2D eigenvalue weighted by atomic mass is 16.2. The van der Waals surface area contributed by atoms with Crippen molar-refractivity contribution in [1.82, 2.24) is 29.9 Å². The maximum atomic E-state index is 12.7. The van der Waals surface area contributed by atoms with Crippen LogP contribution in [0.5, 0.6) is 0 Å². The summed E-state index contributed by atoms with van der Waals surface area (Å²) in [5, 5.41) is 8.29. The van der Waals surface area contributed by atoms with Gasteiger partial charge < -0.3 is 9.88 Å². The second kappa shape index (κ2) is 7.09. The van der Waals surface area contributed by atoms with Crippen molar-refractivity contribution >= 4 is 17.1 Å². The monoisotopic (exact) mass is 392 g/mol. The summed E-state index contributed by atoms with van der Waals surface area (Å²) in [6.07, 6.45) is 4.13. The molecule has 3 aromatic rings. The molecule has 2 fully saturated rings. The number of likely N-dealkylation sites (tertiary alicyclic amines) is 1. The fourth-order valence-electron chi connectivity index (χ4n) is 4.12. The number of nitrogens with zero attached hydrogens (tertiary/aromatic N) is 5. The van der Waals surface area contributed by atoms with E-state index in [2.05, 4.69) is 26.3 Å². The van der Waals surface area contributed by atoms with Gasteiger partial charge in [-0.3, -0.25) is 9.59 Å². The van der Waals surface area contributed by atoms with Crippen molar-refractivity contribution in [2.75, 3.05) is 13.1 Å². The number of hydrogen-bond acceptors (Lipinski definition) is 5. The predicted octanol–water partition coefficient (Wildman–Crippen LogP) is 2.11. The molecule has 1 aliphatic carbocycles. The number of rotatable bonds is 4. The molecule has 150 valence electrons. The van der Waals surface area contributed by atoms with Crippen LogP contribution in [0.2, 0.25) is 0 Å². The van der Waals surface area contributed by atoms with Crippen LogP contribution in [-0.2, 0) is 11.2 Å². The number of aromatic nitrogens is 5. The van der Waals surface area contributed by atoms with Crippen molar-refractivity contribution in [2.24, 2.45) is 0 Å². The third-order valence-corrected chi connectivity index (χ3v) is 5.92. The lowest BCUT2D eigenvalue weighted by molar-refractivity contribution is -0.131. The fraction of sp³-hybridized carbons (Fsp3) is 0.476. The Kier molecular flexibility index (Phi) is 4.41. The molecule has 29 heavy (non-hydrogen) atoms. The minimum absolute atomic E-state index is 0.101. The molecule has 1 aromatic carbocycles. The Morgan fingerprint density at radius 1 is 1.21 bits per heavy atom. The van der Waals surface area contributed by atoms with Crippen molar-refractivity contribution in [3.05, 3.63) is 51.6 Å². The number of piperidine rings is 1. The van der Waals surface area contributed by atoms with Gasteiger partial charge in [0.25, 0.3) is 5.56 Å². The summed E-state index contributed by atoms with van der Waals surface area (Å²) in [6, 6.07) is 8.19. The third kappa shape index (κ3) is 3.54. The van der Waals surface area contributed by atoms with Gasteiger partial charge in [-0.05, 0) is 38.2 Å². The van der Waals surface area contributed by atoms with E-state index in [1.165, 1.54) is 5.56 Å². The van der Waals surface area contributed by atoms with Gasteiger partial charge in [0, 0.05) is 19.0 Å². The standard InChI is InChI=1S/C21H24N6O2/c1-13-3-2-4-14(11-13)12-17(28)26-9-7-16(8-10-26)27-20-18(24-25-27)21(29)23-19(22-20)15-5-6-15/h2-4,11,15-16H,5-10,12H2,1H3,(H,22,23,29). The number of carbonyl (C=O) groups excluding carboxylic acids is 1. The van der Waals surface area contributed by atoms with Crippen LogP contribution in [0.25, 0.3) is 11.2 Å². The van der Waals surface area contributed by atoms with Gasteiger partial charge in [0.1, 0.15) is 5.82 Å². The van der Waals surface area contributed by atoms with E-state index in [0.29, 0.717) is 36.6 Å². The summed E-state index contributed by atoms with van der Waals surface area (Å²) >= 11 is 0. The van der Waals surface area contributed by atoms with Crippen molar-refractivity contribution in [1.29, 1.82) is 0 Å². The van der Waals surface area contributed by atoms with Gasteiger partial charge in [0.15, 0.2) is 11.2 Å². The summed E-state index contributed by atoms with van der Waals surface area (Å²) in [6.45, 7) is 3.39. The Balaban J connectivity index is 1.29.